The molecule has 3 heterocycles. The van der Waals surface area contributed by atoms with Crippen LogP contribution in [-0.2, 0) is 0 Å². The highest BCUT2D eigenvalue weighted by Gasteiger charge is 2.24. The molecule has 1 atom stereocenters. The van der Waals surface area contributed by atoms with Gasteiger partial charge in [-0.2, -0.15) is 4.99 Å². The van der Waals surface area contributed by atoms with Gasteiger partial charge in [0.05, 0.1) is 22.1 Å². The number of benzene rings is 9. The second-order valence-corrected chi connectivity index (χ2v) is 15.9. The highest BCUT2D eigenvalue weighted by molar-refractivity contribution is 6.18. The van der Waals surface area contributed by atoms with Crippen LogP contribution in [0, 0.1) is 0 Å². The Labute approximate surface area is 359 Å². The number of nitrogens with one attached hydrogen (secondary N) is 1. The Balaban J connectivity index is 0.971. The maximum absolute atomic E-state index is 5.35. The molecule has 5 nitrogen and oxygen atoms in total. The third kappa shape index (κ3) is 6.10. The lowest BCUT2D eigenvalue weighted by Gasteiger charge is -2.24. The van der Waals surface area contributed by atoms with Gasteiger partial charge < -0.3 is 9.88 Å². The monoisotopic (exact) mass is 793 g/mol. The zero-order chi connectivity index (χ0) is 41.0. The summed E-state index contributed by atoms with van der Waals surface area (Å²) in [6.07, 6.45) is -0.340. The van der Waals surface area contributed by atoms with Crippen LogP contribution >= 0.6 is 0 Å². The van der Waals surface area contributed by atoms with Gasteiger partial charge in [0.25, 0.3) is 0 Å². The Kier molecular flexibility index (Phi) is 8.49. The number of hydrogen-bond acceptors (Lipinski definition) is 3. The Morgan fingerprint density at radius 1 is 0.339 bits per heavy atom. The highest BCUT2D eigenvalue weighted by Crippen LogP contribution is 2.38. The molecule has 1 aliphatic rings. The fourth-order valence-electron chi connectivity index (χ4n) is 9.19. The third-order valence-electron chi connectivity index (χ3n) is 12.2. The fraction of sp³-hybridized carbons (Fsp3) is 0.0175. The van der Waals surface area contributed by atoms with Crippen molar-refractivity contribution in [2.24, 2.45) is 9.98 Å². The second kappa shape index (κ2) is 14.8. The Hall–Kier alpha value is -8.28. The molecule has 1 N–H and O–H groups in total. The van der Waals surface area contributed by atoms with Crippen molar-refractivity contribution < 1.29 is 0 Å². The number of fused-ring (bicyclic) bond motifs is 6. The van der Waals surface area contributed by atoms with Crippen LogP contribution in [0.25, 0.3) is 82.7 Å². The number of nitrogens with zero attached hydrogens (tertiary/aromatic N) is 4. The lowest BCUT2D eigenvalue weighted by atomic mass is 9.99. The molecule has 0 saturated heterocycles. The standard InChI is InChI=1S/C57H39N5/c1-4-15-38(16-5-1)39-27-29-40(30-28-39)42-19-14-20-45(35-42)56-58-55(41-17-6-2-7-18-41)59-57(60-56)62-52-26-13-11-24-48(52)50-37-44(32-34-54(50)62)43-31-33-53-49(36-43)47-23-10-12-25-51(47)61(53)46-21-8-3-9-22-46/h1-37,55H,(H,58,59,60). The van der Waals surface area contributed by atoms with Crippen LogP contribution < -0.4 is 5.32 Å². The summed E-state index contributed by atoms with van der Waals surface area (Å²) in [5, 5.41) is 8.48. The molecule has 0 amide bonds. The number of para-hydroxylation sites is 3. The first kappa shape index (κ1) is 35.6. The molecule has 292 valence electrons. The molecule has 2 aromatic heterocycles. The van der Waals surface area contributed by atoms with E-state index in [9.17, 15) is 0 Å². The van der Waals surface area contributed by atoms with Crippen molar-refractivity contribution in [3.05, 3.63) is 236 Å². The first-order valence-electron chi connectivity index (χ1n) is 21.1. The van der Waals surface area contributed by atoms with Crippen LogP contribution in [0.3, 0.4) is 0 Å². The van der Waals surface area contributed by atoms with Gasteiger partial charge in [0.2, 0.25) is 5.96 Å². The normalized spacial score (nSPS) is 14.0. The van der Waals surface area contributed by atoms with Crippen molar-refractivity contribution in [1.82, 2.24) is 14.5 Å². The van der Waals surface area contributed by atoms with E-state index in [-0.39, 0.29) is 6.17 Å². The molecule has 0 spiro atoms. The smallest absolute Gasteiger partial charge is 0.234 e. The molecule has 0 aliphatic carbocycles. The predicted molar refractivity (Wildman–Crippen MR) is 258 cm³/mol. The van der Waals surface area contributed by atoms with Gasteiger partial charge in [0, 0.05) is 32.8 Å². The first-order valence-corrected chi connectivity index (χ1v) is 21.1. The Morgan fingerprint density at radius 2 is 0.790 bits per heavy atom. The van der Waals surface area contributed by atoms with Crippen LogP contribution in [0.5, 0.6) is 0 Å². The number of amidine groups is 1. The van der Waals surface area contributed by atoms with Crippen molar-refractivity contribution in [2.45, 2.75) is 6.17 Å². The van der Waals surface area contributed by atoms with E-state index in [0.29, 0.717) is 5.96 Å². The molecule has 1 aliphatic heterocycles. The lowest BCUT2D eigenvalue weighted by molar-refractivity contribution is 0.668. The van der Waals surface area contributed by atoms with Crippen molar-refractivity contribution in [2.75, 3.05) is 0 Å². The van der Waals surface area contributed by atoms with Crippen LogP contribution in [0.2, 0.25) is 0 Å². The van der Waals surface area contributed by atoms with E-state index >= 15 is 0 Å². The van der Waals surface area contributed by atoms with E-state index in [1.54, 1.807) is 0 Å². The average Bonchev–Trinajstić information content (AvgIpc) is 3.87. The summed E-state index contributed by atoms with van der Waals surface area (Å²) in [4.78, 5) is 10.7. The second-order valence-electron chi connectivity index (χ2n) is 15.9. The number of aliphatic imine (C=N–C) groups is 2. The summed E-state index contributed by atoms with van der Waals surface area (Å²) in [5.41, 5.74) is 14.7. The molecule has 12 rings (SSSR count). The summed E-state index contributed by atoms with van der Waals surface area (Å²) in [6, 6.07) is 79.9. The molecule has 0 radical (unpaired) electrons. The van der Waals surface area contributed by atoms with E-state index in [1.165, 1.54) is 38.5 Å². The predicted octanol–water partition coefficient (Wildman–Crippen LogP) is 13.8. The molecule has 0 saturated carbocycles. The summed E-state index contributed by atoms with van der Waals surface area (Å²) in [5.74, 6) is 1.41. The summed E-state index contributed by atoms with van der Waals surface area (Å²) >= 11 is 0. The zero-order valence-corrected chi connectivity index (χ0v) is 33.7. The number of rotatable bonds is 6. The van der Waals surface area contributed by atoms with Gasteiger partial charge in [0.15, 0.2) is 0 Å². The van der Waals surface area contributed by atoms with Gasteiger partial charge in [0.1, 0.15) is 12.0 Å². The van der Waals surface area contributed by atoms with Gasteiger partial charge in [-0.1, -0.05) is 170 Å². The van der Waals surface area contributed by atoms with Crippen molar-refractivity contribution in [3.63, 3.8) is 0 Å². The van der Waals surface area contributed by atoms with Crippen LogP contribution in [0.15, 0.2) is 234 Å². The minimum Gasteiger partial charge on any atom is -0.344 e. The quantitative estimate of drug-likeness (QED) is 0.179. The van der Waals surface area contributed by atoms with Crippen molar-refractivity contribution >= 4 is 55.4 Å². The Morgan fingerprint density at radius 3 is 1.45 bits per heavy atom. The molecule has 62 heavy (non-hydrogen) atoms. The lowest BCUT2D eigenvalue weighted by Crippen LogP contribution is -2.35. The molecule has 0 fully saturated rings. The molecule has 5 heteroatoms. The fourth-order valence-corrected chi connectivity index (χ4v) is 9.19. The minimum atomic E-state index is -0.340. The average molecular weight is 794 g/mol. The van der Waals surface area contributed by atoms with Gasteiger partial charge in [-0.3, -0.25) is 4.57 Å². The minimum absolute atomic E-state index is 0.340. The van der Waals surface area contributed by atoms with Gasteiger partial charge in [-0.15, -0.1) is 0 Å². The Bertz CT molecular complexity index is 3520. The zero-order valence-electron chi connectivity index (χ0n) is 33.7. The molecule has 1 unspecified atom stereocenters. The number of aromatic nitrogens is 2. The van der Waals surface area contributed by atoms with Crippen LogP contribution in [0.4, 0.5) is 0 Å². The molecular weight excluding hydrogens is 755 g/mol. The molecule has 0 bridgehead atoms. The summed E-state index contributed by atoms with van der Waals surface area (Å²) < 4.78 is 4.59. The van der Waals surface area contributed by atoms with Crippen LogP contribution in [-0.4, -0.2) is 20.9 Å². The SMILES string of the molecule is c1ccc(-c2ccc(-c3cccc(C4=NC(n5c6ccccc6c6cc(-c7ccc8c(c7)c7ccccc7n8-c7ccccc7)ccc65)=NC(c5ccccc5)N4)c3)cc2)cc1. The molecule has 11 aromatic rings. The maximum Gasteiger partial charge on any atom is 0.234 e. The molecule has 9 aromatic carbocycles. The first-order chi connectivity index (χ1) is 30.7. The topological polar surface area (TPSA) is 46.6 Å². The summed E-state index contributed by atoms with van der Waals surface area (Å²) in [7, 11) is 0. The van der Waals surface area contributed by atoms with Gasteiger partial charge in [-0.05, 0) is 93.5 Å². The maximum atomic E-state index is 5.35. The molecular formula is C57H39N5. The third-order valence-corrected chi connectivity index (χ3v) is 12.2. The largest absolute Gasteiger partial charge is 0.344 e. The van der Waals surface area contributed by atoms with Gasteiger partial charge >= 0.3 is 0 Å². The van der Waals surface area contributed by atoms with E-state index in [1.807, 2.05) is 6.07 Å². The number of hydrogen-bond donors (Lipinski definition) is 1. The summed E-state index contributed by atoms with van der Waals surface area (Å²) in [6.45, 7) is 0. The van der Waals surface area contributed by atoms with E-state index in [0.717, 1.165) is 61.1 Å². The van der Waals surface area contributed by atoms with E-state index in [2.05, 4.69) is 233 Å². The highest BCUT2D eigenvalue weighted by atomic mass is 15.3. The van der Waals surface area contributed by atoms with Crippen LogP contribution in [0.1, 0.15) is 17.3 Å². The van der Waals surface area contributed by atoms with E-state index < -0.39 is 0 Å². The van der Waals surface area contributed by atoms with Crippen molar-refractivity contribution in [3.8, 4) is 39.1 Å². The van der Waals surface area contributed by atoms with Crippen molar-refractivity contribution in [1.29, 1.82) is 0 Å². The van der Waals surface area contributed by atoms with Gasteiger partial charge in [-0.25, -0.2) is 4.99 Å². The van der Waals surface area contributed by atoms with E-state index in [4.69, 9.17) is 9.98 Å².